The summed E-state index contributed by atoms with van der Waals surface area (Å²) in [6.45, 7) is 1.31. The van der Waals surface area contributed by atoms with Gasteiger partial charge in [0.25, 0.3) is 0 Å². The van der Waals surface area contributed by atoms with Gasteiger partial charge in [0.15, 0.2) is 0 Å². The van der Waals surface area contributed by atoms with E-state index in [0.717, 1.165) is 64.7 Å². The van der Waals surface area contributed by atoms with Crippen molar-refractivity contribution >= 4 is 22.7 Å². The molecule has 0 radical (unpaired) electrons. The Labute approximate surface area is 256 Å². The van der Waals surface area contributed by atoms with Crippen LogP contribution in [0.4, 0.5) is 10.5 Å². The molecule has 1 fully saturated rings. The second-order valence-corrected chi connectivity index (χ2v) is 11.3. The van der Waals surface area contributed by atoms with Gasteiger partial charge in [0.1, 0.15) is 18.9 Å². The first kappa shape index (κ1) is 29.0. The van der Waals surface area contributed by atoms with Crippen LogP contribution in [0.15, 0.2) is 91.0 Å². The largest absolute Gasteiger partial charge is 0.473 e. The molecule has 0 bridgehead atoms. The number of rotatable bonds is 11. The zero-order chi connectivity index (χ0) is 30.3. The molecule has 9 nitrogen and oxygen atoms in total. The molecule has 1 amide bonds. The maximum Gasteiger partial charge on any atom is 0.404 e. The van der Waals surface area contributed by atoms with Crippen molar-refractivity contribution in [1.29, 1.82) is 0 Å². The summed E-state index contributed by atoms with van der Waals surface area (Å²) in [5.41, 5.74) is 5.75. The van der Waals surface area contributed by atoms with Gasteiger partial charge < -0.3 is 25.2 Å². The van der Waals surface area contributed by atoms with Gasteiger partial charge in [-0.05, 0) is 67.0 Å². The summed E-state index contributed by atoms with van der Waals surface area (Å²) >= 11 is 0. The summed E-state index contributed by atoms with van der Waals surface area (Å²) in [6, 6.07) is 30.6. The van der Waals surface area contributed by atoms with Gasteiger partial charge in [0.05, 0.1) is 11.1 Å². The number of benzene rings is 3. The number of aromatic nitrogens is 3. The van der Waals surface area contributed by atoms with E-state index in [4.69, 9.17) is 24.7 Å². The number of hydrogen-bond acceptors (Lipinski definition) is 6. The van der Waals surface area contributed by atoms with Crippen LogP contribution in [0.25, 0.3) is 22.2 Å². The van der Waals surface area contributed by atoms with E-state index in [1.54, 1.807) is 0 Å². The zero-order valence-corrected chi connectivity index (χ0v) is 24.8. The molecule has 1 aliphatic rings. The molecule has 6 rings (SSSR count). The van der Waals surface area contributed by atoms with Crippen LogP contribution < -0.4 is 20.1 Å². The first-order chi connectivity index (χ1) is 21.5. The molecule has 5 aromatic rings. The van der Waals surface area contributed by atoms with Crippen molar-refractivity contribution < 1.29 is 19.4 Å². The lowest BCUT2D eigenvalue weighted by Crippen LogP contribution is -2.33. The minimum absolute atomic E-state index is 0.354. The molecule has 0 saturated heterocycles. The summed E-state index contributed by atoms with van der Waals surface area (Å²) < 4.78 is 14.2. The predicted octanol–water partition coefficient (Wildman–Crippen LogP) is 7.03. The summed E-state index contributed by atoms with van der Waals surface area (Å²) in [5.74, 6) is 1.35. The Balaban J connectivity index is 1.22. The number of nitrogens with one attached hydrogen (secondary N) is 2. The van der Waals surface area contributed by atoms with Gasteiger partial charge in [-0.15, -0.1) is 0 Å². The third-order valence-electron chi connectivity index (χ3n) is 8.15. The maximum absolute atomic E-state index is 10.8. The molecule has 0 atom stereocenters. The Bertz CT molecular complexity index is 1700. The third-order valence-corrected chi connectivity index (χ3v) is 8.15. The van der Waals surface area contributed by atoms with E-state index in [0.29, 0.717) is 43.5 Å². The van der Waals surface area contributed by atoms with E-state index in [2.05, 4.69) is 28.8 Å². The minimum atomic E-state index is -0.952. The molecule has 44 heavy (non-hydrogen) atoms. The van der Waals surface area contributed by atoms with Gasteiger partial charge in [-0.25, -0.2) is 4.79 Å². The second kappa shape index (κ2) is 13.5. The van der Waals surface area contributed by atoms with Crippen molar-refractivity contribution in [3.63, 3.8) is 0 Å². The van der Waals surface area contributed by atoms with Gasteiger partial charge in [0, 0.05) is 36.8 Å². The van der Waals surface area contributed by atoms with Crippen LogP contribution in [0.3, 0.4) is 0 Å². The Kier molecular flexibility index (Phi) is 8.91. The van der Waals surface area contributed by atoms with Gasteiger partial charge in [-0.3, -0.25) is 4.68 Å². The Hall–Kier alpha value is -5.05. The lowest BCUT2D eigenvalue weighted by atomic mass is 9.86. The van der Waals surface area contributed by atoms with E-state index < -0.39 is 6.09 Å². The highest BCUT2D eigenvalue weighted by Gasteiger charge is 2.22. The molecule has 1 saturated carbocycles. The average molecular weight is 592 g/mol. The molecule has 226 valence electrons. The monoisotopic (exact) mass is 591 g/mol. The molecule has 0 unspecified atom stereocenters. The van der Waals surface area contributed by atoms with E-state index >= 15 is 0 Å². The SMILES string of the molecule is Cn1nc(-c2ccc(OCc3ccccc3)nc2OCc2ccccc2)c2ccc(NC3CCC(CNC(=O)O)CC3)cc21. The summed E-state index contributed by atoms with van der Waals surface area (Å²) in [5, 5.41) is 21.0. The number of carboxylic acid groups (broad SMARTS) is 1. The molecule has 2 heterocycles. The van der Waals surface area contributed by atoms with E-state index in [9.17, 15) is 4.79 Å². The fourth-order valence-electron chi connectivity index (χ4n) is 5.78. The van der Waals surface area contributed by atoms with Gasteiger partial charge >= 0.3 is 6.09 Å². The summed E-state index contributed by atoms with van der Waals surface area (Å²) in [4.78, 5) is 15.6. The molecule has 1 aliphatic carbocycles. The van der Waals surface area contributed by atoms with Crippen LogP contribution in [0.1, 0.15) is 36.8 Å². The highest BCUT2D eigenvalue weighted by atomic mass is 16.5. The Morgan fingerprint density at radius 1 is 0.886 bits per heavy atom. The van der Waals surface area contributed by atoms with Crippen LogP contribution in [-0.2, 0) is 20.3 Å². The average Bonchev–Trinajstić information content (AvgIpc) is 3.38. The minimum Gasteiger partial charge on any atom is -0.473 e. The molecule has 0 aliphatic heterocycles. The summed E-state index contributed by atoms with van der Waals surface area (Å²) in [6.07, 6.45) is 3.06. The van der Waals surface area contributed by atoms with E-state index in [1.165, 1.54) is 0 Å². The van der Waals surface area contributed by atoms with Crippen molar-refractivity contribution in [3.05, 3.63) is 102 Å². The van der Waals surface area contributed by atoms with Crippen LogP contribution in [0.5, 0.6) is 11.8 Å². The number of fused-ring (bicyclic) bond motifs is 1. The summed E-state index contributed by atoms with van der Waals surface area (Å²) in [7, 11) is 1.95. The van der Waals surface area contributed by atoms with Gasteiger partial charge in [-0.1, -0.05) is 60.7 Å². The van der Waals surface area contributed by atoms with Crippen LogP contribution in [0, 0.1) is 5.92 Å². The lowest BCUT2D eigenvalue weighted by molar-refractivity contribution is 0.190. The Morgan fingerprint density at radius 3 is 2.25 bits per heavy atom. The fraction of sp³-hybridized carbons (Fsp3) is 0.286. The maximum atomic E-state index is 10.8. The highest BCUT2D eigenvalue weighted by molar-refractivity contribution is 5.96. The highest BCUT2D eigenvalue weighted by Crippen LogP contribution is 2.36. The van der Waals surface area contributed by atoms with Crippen molar-refractivity contribution in [2.24, 2.45) is 13.0 Å². The Morgan fingerprint density at radius 2 is 1.57 bits per heavy atom. The number of aryl methyl sites for hydroxylation is 1. The van der Waals surface area contributed by atoms with Gasteiger partial charge in [0.2, 0.25) is 11.8 Å². The normalized spacial score (nSPS) is 16.4. The quantitative estimate of drug-likeness (QED) is 0.151. The van der Waals surface area contributed by atoms with Gasteiger partial charge in [-0.2, -0.15) is 10.1 Å². The lowest BCUT2D eigenvalue weighted by Gasteiger charge is -2.29. The molecule has 3 aromatic carbocycles. The smallest absolute Gasteiger partial charge is 0.404 e. The zero-order valence-electron chi connectivity index (χ0n) is 24.8. The third kappa shape index (κ3) is 7.11. The van der Waals surface area contributed by atoms with Crippen molar-refractivity contribution in [2.75, 3.05) is 11.9 Å². The standard InChI is InChI=1S/C35H37N5O4/c1-40-31-20-28(37-27-14-12-24(13-15-27)21-36-35(41)42)16-17-29(31)33(39-40)30-18-19-32(43-22-25-8-4-2-5-9-25)38-34(30)44-23-26-10-6-3-7-11-26/h2-11,16-20,24,27,36-37H,12-15,21-23H2,1H3,(H,41,42). The number of amides is 1. The number of pyridine rings is 1. The fourth-order valence-corrected chi connectivity index (χ4v) is 5.78. The van der Waals surface area contributed by atoms with E-state index in [1.807, 2.05) is 84.5 Å². The van der Waals surface area contributed by atoms with Crippen molar-refractivity contribution in [2.45, 2.75) is 44.9 Å². The first-order valence-corrected chi connectivity index (χ1v) is 15.1. The van der Waals surface area contributed by atoms with Crippen LogP contribution in [0.2, 0.25) is 0 Å². The van der Waals surface area contributed by atoms with Crippen LogP contribution >= 0.6 is 0 Å². The number of ether oxygens (including phenoxy) is 2. The predicted molar refractivity (Wildman–Crippen MR) is 171 cm³/mol. The molecule has 2 aromatic heterocycles. The molecular formula is C35H37N5O4. The number of hydrogen-bond donors (Lipinski definition) is 3. The first-order valence-electron chi connectivity index (χ1n) is 15.1. The van der Waals surface area contributed by atoms with E-state index in [-0.39, 0.29) is 0 Å². The number of nitrogens with zero attached hydrogens (tertiary/aromatic N) is 3. The number of anilines is 1. The topological polar surface area (TPSA) is 111 Å². The molecular weight excluding hydrogens is 554 g/mol. The second-order valence-electron chi connectivity index (χ2n) is 11.3. The van der Waals surface area contributed by atoms with Crippen LogP contribution in [-0.4, -0.2) is 38.6 Å². The number of carbonyl (C=O) groups is 1. The molecule has 0 spiro atoms. The van der Waals surface area contributed by atoms with Crippen molar-refractivity contribution in [1.82, 2.24) is 20.1 Å². The van der Waals surface area contributed by atoms with Crippen molar-refractivity contribution in [3.8, 4) is 23.0 Å². The molecule has 9 heteroatoms. The molecule has 3 N–H and O–H groups in total.